The Morgan fingerprint density at radius 3 is 1.78 bits per heavy atom. The number of halogens is 4. The molecular weight excluding hydrogens is 374 g/mol. The molecule has 1 nitrogen and oxygen atoms in total. The van der Waals surface area contributed by atoms with Crippen LogP contribution in [0.25, 0.3) is 11.1 Å². The summed E-state index contributed by atoms with van der Waals surface area (Å²) in [6, 6.07) is 11.8. The molecule has 2 rings (SSSR count). The average molecular weight is 399 g/mol. The predicted molar refractivity (Wildman–Crippen MR) is 105 cm³/mol. The van der Waals surface area contributed by atoms with Gasteiger partial charge in [-0.15, -0.1) is 11.8 Å². The SMILES string of the molecule is CSc1ccc(-c2ccc(C(NC(C)CC(C)(C)F)C(F)(F)F)cc2)cc1. The van der Waals surface area contributed by atoms with Crippen molar-refractivity contribution in [3.05, 3.63) is 54.1 Å². The Hall–Kier alpha value is -1.53. The van der Waals surface area contributed by atoms with Crippen LogP contribution >= 0.6 is 11.8 Å². The molecule has 1 N–H and O–H groups in total. The van der Waals surface area contributed by atoms with Gasteiger partial charge in [0.05, 0.1) is 0 Å². The molecule has 0 aliphatic carbocycles. The molecule has 2 atom stereocenters. The summed E-state index contributed by atoms with van der Waals surface area (Å²) in [6.07, 6.45) is -2.48. The van der Waals surface area contributed by atoms with Gasteiger partial charge in [-0.2, -0.15) is 13.2 Å². The van der Waals surface area contributed by atoms with Crippen molar-refractivity contribution in [2.45, 2.75) is 56.0 Å². The molecule has 2 unspecified atom stereocenters. The summed E-state index contributed by atoms with van der Waals surface area (Å²) in [4.78, 5) is 1.13. The number of hydrogen-bond acceptors (Lipinski definition) is 2. The van der Waals surface area contributed by atoms with E-state index in [9.17, 15) is 17.6 Å². The van der Waals surface area contributed by atoms with E-state index in [2.05, 4.69) is 5.32 Å². The second-order valence-corrected chi connectivity index (χ2v) is 8.20. The molecule has 0 aromatic heterocycles. The summed E-state index contributed by atoms with van der Waals surface area (Å²) in [7, 11) is 0. The van der Waals surface area contributed by atoms with Crippen LogP contribution in [0.5, 0.6) is 0 Å². The summed E-state index contributed by atoms with van der Waals surface area (Å²) in [6.45, 7) is 4.30. The predicted octanol–water partition coefficient (Wildman–Crippen LogP) is 6.80. The third-order valence-corrected chi connectivity index (χ3v) is 4.98. The number of hydrogen-bond donors (Lipinski definition) is 1. The molecule has 6 heteroatoms. The van der Waals surface area contributed by atoms with E-state index in [1.165, 1.54) is 26.0 Å². The van der Waals surface area contributed by atoms with Gasteiger partial charge >= 0.3 is 6.18 Å². The standard InChI is InChI=1S/C21H25F4NS/c1-14(13-20(2,3)22)26-19(21(23,24)25)17-7-5-15(6-8-17)16-9-11-18(27-4)12-10-16/h5-12,14,19,26H,13H2,1-4H3. The molecule has 0 heterocycles. The highest BCUT2D eigenvalue weighted by atomic mass is 32.2. The van der Waals surface area contributed by atoms with Gasteiger partial charge < -0.3 is 0 Å². The second-order valence-electron chi connectivity index (χ2n) is 7.32. The first-order valence-corrected chi connectivity index (χ1v) is 9.98. The highest BCUT2D eigenvalue weighted by molar-refractivity contribution is 7.98. The molecular formula is C21H25F4NS. The summed E-state index contributed by atoms with van der Waals surface area (Å²) in [5.41, 5.74) is 0.388. The molecule has 0 saturated heterocycles. The quantitative estimate of drug-likeness (QED) is 0.406. The van der Waals surface area contributed by atoms with Crippen molar-refractivity contribution in [1.82, 2.24) is 5.32 Å². The Balaban J connectivity index is 2.21. The number of rotatable bonds is 7. The first kappa shape index (κ1) is 21.8. The van der Waals surface area contributed by atoms with E-state index in [0.717, 1.165) is 16.0 Å². The minimum Gasteiger partial charge on any atom is -0.300 e. The maximum atomic E-state index is 13.8. The van der Waals surface area contributed by atoms with Crippen molar-refractivity contribution < 1.29 is 17.6 Å². The van der Waals surface area contributed by atoms with Gasteiger partial charge in [-0.05, 0) is 62.3 Å². The Bertz CT molecular complexity index is 718. The first-order chi connectivity index (χ1) is 12.5. The van der Waals surface area contributed by atoms with Crippen LogP contribution in [-0.2, 0) is 0 Å². The van der Waals surface area contributed by atoms with Crippen molar-refractivity contribution in [3.8, 4) is 11.1 Å². The van der Waals surface area contributed by atoms with Gasteiger partial charge in [-0.1, -0.05) is 36.4 Å². The lowest BCUT2D eigenvalue weighted by molar-refractivity contribution is -0.160. The van der Waals surface area contributed by atoms with E-state index in [-0.39, 0.29) is 12.0 Å². The van der Waals surface area contributed by atoms with Crippen molar-refractivity contribution in [1.29, 1.82) is 0 Å². The second kappa shape index (κ2) is 8.65. The third kappa shape index (κ3) is 6.54. The van der Waals surface area contributed by atoms with E-state index in [1.807, 2.05) is 30.5 Å². The van der Waals surface area contributed by atoms with Gasteiger partial charge in [0.1, 0.15) is 11.7 Å². The van der Waals surface area contributed by atoms with Crippen LogP contribution in [-0.4, -0.2) is 24.1 Å². The fourth-order valence-corrected chi connectivity index (χ4v) is 3.51. The van der Waals surface area contributed by atoms with Crippen molar-refractivity contribution >= 4 is 11.8 Å². The summed E-state index contributed by atoms with van der Waals surface area (Å²) in [5, 5.41) is 2.54. The van der Waals surface area contributed by atoms with Gasteiger partial charge in [0, 0.05) is 10.9 Å². The van der Waals surface area contributed by atoms with Crippen LogP contribution in [0, 0.1) is 0 Å². The van der Waals surface area contributed by atoms with Crippen LogP contribution in [0.2, 0.25) is 0 Å². The molecule has 0 spiro atoms. The van der Waals surface area contributed by atoms with Crippen LogP contribution in [0.1, 0.15) is 38.8 Å². The van der Waals surface area contributed by atoms with E-state index in [0.29, 0.717) is 0 Å². The van der Waals surface area contributed by atoms with Gasteiger partial charge in [0.2, 0.25) is 0 Å². The number of thioether (sulfide) groups is 1. The molecule has 0 aliphatic rings. The molecule has 2 aromatic rings. The summed E-state index contributed by atoms with van der Waals surface area (Å²) in [5.74, 6) is 0. The molecule has 0 fully saturated rings. The van der Waals surface area contributed by atoms with Crippen LogP contribution in [0.4, 0.5) is 17.6 Å². The smallest absolute Gasteiger partial charge is 0.300 e. The van der Waals surface area contributed by atoms with E-state index in [1.54, 1.807) is 30.8 Å². The number of alkyl halides is 4. The topological polar surface area (TPSA) is 12.0 Å². The lowest BCUT2D eigenvalue weighted by Gasteiger charge is -2.28. The number of nitrogens with one attached hydrogen (secondary N) is 1. The van der Waals surface area contributed by atoms with E-state index in [4.69, 9.17) is 0 Å². The van der Waals surface area contributed by atoms with Gasteiger partial charge in [0.15, 0.2) is 0 Å². The molecule has 0 amide bonds. The highest BCUT2D eigenvalue weighted by Crippen LogP contribution is 2.35. The molecule has 148 valence electrons. The Kier molecular flexibility index (Phi) is 6.98. The van der Waals surface area contributed by atoms with E-state index < -0.39 is 23.9 Å². The molecule has 2 aromatic carbocycles. The highest BCUT2D eigenvalue weighted by Gasteiger charge is 2.41. The average Bonchev–Trinajstić information content (AvgIpc) is 2.57. The summed E-state index contributed by atoms with van der Waals surface area (Å²) >= 11 is 1.63. The maximum Gasteiger partial charge on any atom is 0.407 e. The van der Waals surface area contributed by atoms with Gasteiger partial charge in [-0.25, -0.2) is 4.39 Å². The fourth-order valence-electron chi connectivity index (χ4n) is 3.10. The van der Waals surface area contributed by atoms with Crippen molar-refractivity contribution in [2.24, 2.45) is 0 Å². The van der Waals surface area contributed by atoms with E-state index >= 15 is 0 Å². The van der Waals surface area contributed by atoms with Crippen molar-refractivity contribution in [3.63, 3.8) is 0 Å². The minimum atomic E-state index is -4.46. The van der Waals surface area contributed by atoms with Crippen molar-refractivity contribution in [2.75, 3.05) is 6.26 Å². The zero-order chi connectivity index (χ0) is 20.2. The van der Waals surface area contributed by atoms with Crippen LogP contribution in [0.15, 0.2) is 53.4 Å². The van der Waals surface area contributed by atoms with Crippen LogP contribution < -0.4 is 5.32 Å². The third-order valence-electron chi connectivity index (χ3n) is 4.24. The Morgan fingerprint density at radius 1 is 0.889 bits per heavy atom. The lowest BCUT2D eigenvalue weighted by Crippen LogP contribution is -2.41. The monoisotopic (exact) mass is 399 g/mol. The minimum absolute atomic E-state index is 0.000543. The Morgan fingerprint density at radius 2 is 1.37 bits per heavy atom. The molecule has 0 radical (unpaired) electrons. The maximum absolute atomic E-state index is 13.8. The lowest BCUT2D eigenvalue weighted by atomic mass is 9.97. The normalized spacial score (nSPS) is 14.8. The first-order valence-electron chi connectivity index (χ1n) is 8.75. The molecule has 0 saturated carbocycles. The zero-order valence-corrected chi connectivity index (χ0v) is 16.7. The van der Waals surface area contributed by atoms with Crippen LogP contribution in [0.3, 0.4) is 0 Å². The fraction of sp³-hybridized carbons (Fsp3) is 0.429. The van der Waals surface area contributed by atoms with Gasteiger partial charge in [-0.3, -0.25) is 5.32 Å². The summed E-state index contributed by atoms with van der Waals surface area (Å²) < 4.78 is 54.4. The molecule has 27 heavy (non-hydrogen) atoms. The zero-order valence-electron chi connectivity index (χ0n) is 15.9. The van der Waals surface area contributed by atoms with Gasteiger partial charge in [0.25, 0.3) is 0 Å². The Labute approximate surface area is 162 Å². The largest absolute Gasteiger partial charge is 0.407 e. The number of benzene rings is 2. The molecule has 0 aliphatic heterocycles. The molecule has 0 bridgehead atoms.